The maximum Gasteiger partial charge on any atom is 0.118 e. The van der Waals surface area contributed by atoms with E-state index in [2.05, 4.69) is 46.2 Å². The first-order chi connectivity index (χ1) is 13.3. The van der Waals surface area contributed by atoms with Gasteiger partial charge in [-0.2, -0.15) is 0 Å². The lowest BCUT2D eigenvalue weighted by molar-refractivity contribution is 0.0558. The van der Waals surface area contributed by atoms with Crippen LogP contribution >= 0.6 is 24.8 Å². The van der Waals surface area contributed by atoms with Crippen molar-refractivity contribution in [3.05, 3.63) is 65.7 Å². The number of nitrogens with zero attached hydrogens (tertiary/aromatic N) is 2. The number of hydrogen-bond acceptors (Lipinski definition) is 3. The SMILES string of the molecule is Cl.Cl.Oc1ccccc1CC(c1ccccc1)N1CCN(C2CCCCC2)CC1. The zero-order chi connectivity index (χ0) is 18.5. The molecule has 0 aromatic heterocycles. The summed E-state index contributed by atoms with van der Waals surface area (Å²) in [5.41, 5.74) is 2.40. The average molecular weight is 437 g/mol. The molecule has 160 valence electrons. The molecule has 4 rings (SSSR count). The lowest BCUT2D eigenvalue weighted by Crippen LogP contribution is -2.51. The molecule has 1 aliphatic carbocycles. The average Bonchev–Trinajstić information content (AvgIpc) is 2.75. The number of hydrogen-bond donors (Lipinski definition) is 1. The van der Waals surface area contributed by atoms with E-state index in [1.165, 1.54) is 50.8 Å². The summed E-state index contributed by atoms with van der Waals surface area (Å²) >= 11 is 0. The minimum Gasteiger partial charge on any atom is -0.508 e. The fraction of sp³-hybridized carbons (Fsp3) is 0.500. The van der Waals surface area contributed by atoms with Gasteiger partial charge in [-0.1, -0.05) is 67.8 Å². The number of benzene rings is 2. The third-order valence-corrected chi connectivity index (χ3v) is 6.47. The van der Waals surface area contributed by atoms with E-state index in [-0.39, 0.29) is 24.8 Å². The van der Waals surface area contributed by atoms with Crippen LogP contribution in [0.5, 0.6) is 5.75 Å². The van der Waals surface area contributed by atoms with Gasteiger partial charge < -0.3 is 5.11 Å². The maximum atomic E-state index is 10.3. The van der Waals surface area contributed by atoms with Gasteiger partial charge in [0.1, 0.15) is 5.75 Å². The predicted molar refractivity (Wildman–Crippen MR) is 126 cm³/mol. The summed E-state index contributed by atoms with van der Waals surface area (Å²) in [5, 5.41) is 10.3. The molecule has 2 aromatic rings. The third kappa shape index (κ3) is 6.11. The number of para-hydroxylation sites is 1. The molecular formula is C24H34Cl2N2O. The van der Waals surface area contributed by atoms with Crippen molar-refractivity contribution in [2.24, 2.45) is 0 Å². The largest absolute Gasteiger partial charge is 0.508 e. The van der Waals surface area contributed by atoms with Crippen LogP contribution in [0.25, 0.3) is 0 Å². The summed E-state index contributed by atoms with van der Waals surface area (Å²) in [5.74, 6) is 0.416. The Bertz CT molecular complexity index is 714. The monoisotopic (exact) mass is 436 g/mol. The fourth-order valence-electron chi connectivity index (χ4n) is 4.89. The molecule has 1 saturated carbocycles. The second-order valence-electron chi connectivity index (χ2n) is 8.12. The van der Waals surface area contributed by atoms with Gasteiger partial charge in [0.2, 0.25) is 0 Å². The van der Waals surface area contributed by atoms with E-state index in [1.807, 2.05) is 12.1 Å². The molecular weight excluding hydrogens is 403 g/mol. The molecule has 2 fully saturated rings. The molecule has 0 amide bonds. The minimum atomic E-state index is 0. The van der Waals surface area contributed by atoms with Crippen molar-refractivity contribution >= 4 is 24.8 Å². The maximum absolute atomic E-state index is 10.3. The first kappa shape index (κ1) is 24.0. The van der Waals surface area contributed by atoms with Crippen LogP contribution < -0.4 is 0 Å². The molecule has 2 aliphatic rings. The van der Waals surface area contributed by atoms with Gasteiger partial charge in [0, 0.05) is 38.3 Å². The Labute approximate surface area is 187 Å². The second kappa shape index (κ2) is 11.8. The highest BCUT2D eigenvalue weighted by molar-refractivity contribution is 5.85. The van der Waals surface area contributed by atoms with Gasteiger partial charge in [-0.05, 0) is 36.5 Å². The first-order valence-electron chi connectivity index (χ1n) is 10.6. The molecule has 2 aromatic carbocycles. The number of piperazine rings is 1. The van der Waals surface area contributed by atoms with Crippen LogP contribution in [0, 0.1) is 0 Å². The molecule has 1 N–H and O–H groups in total. The molecule has 1 saturated heterocycles. The highest BCUT2D eigenvalue weighted by Gasteiger charge is 2.29. The van der Waals surface area contributed by atoms with Gasteiger partial charge in [0.05, 0.1) is 0 Å². The van der Waals surface area contributed by atoms with E-state index in [0.717, 1.165) is 31.1 Å². The Hall–Kier alpha value is -1.26. The normalized spacial score (nSPS) is 19.7. The van der Waals surface area contributed by atoms with Gasteiger partial charge >= 0.3 is 0 Å². The van der Waals surface area contributed by atoms with Crippen LogP contribution in [0.4, 0.5) is 0 Å². The van der Waals surface area contributed by atoms with Crippen LogP contribution in [0.1, 0.15) is 49.3 Å². The number of aromatic hydroxyl groups is 1. The minimum absolute atomic E-state index is 0. The molecule has 0 spiro atoms. The molecule has 1 aliphatic heterocycles. The Morgan fingerprint density at radius 2 is 1.41 bits per heavy atom. The molecule has 1 heterocycles. The first-order valence-corrected chi connectivity index (χ1v) is 10.6. The summed E-state index contributed by atoms with van der Waals surface area (Å²) in [7, 11) is 0. The highest BCUT2D eigenvalue weighted by Crippen LogP contribution is 2.31. The zero-order valence-corrected chi connectivity index (χ0v) is 18.7. The number of rotatable bonds is 5. The smallest absolute Gasteiger partial charge is 0.118 e. The van der Waals surface area contributed by atoms with Crippen molar-refractivity contribution < 1.29 is 5.11 Å². The Morgan fingerprint density at radius 3 is 2.07 bits per heavy atom. The topological polar surface area (TPSA) is 26.7 Å². The van der Waals surface area contributed by atoms with Crippen molar-refractivity contribution in [3.63, 3.8) is 0 Å². The number of halogens is 2. The Balaban J connectivity index is 0.00000150. The van der Waals surface area contributed by atoms with Gasteiger partial charge in [-0.3, -0.25) is 9.80 Å². The fourth-order valence-corrected chi connectivity index (χ4v) is 4.89. The summed E-state index contributed by atoms with van der Waals surface area (Å²) in [6.07, 6.45) is 7.88. The van der Waals surface area contributed by atoms with Crippen molar-refractivity contribution in [2.45, 2.75) is 50.6 Å². The van der Waals surface area contributed by atoms with Crippen LogP contribution in [0.3, 0.4) is 0 Å². The van der Waals surface area contributed by atoms with Gasteiger partial charge in [-0.15, -0.1) is 24.8 Å². The molecule has 1 atom stereocenters. The number of phenolic OH excluding ortho intramolecular Hbond substituents is 1. The summed E-state index contributed by atoms with van der Waals surface area (Å²) in [6, 6.07) is 19.7. The molecule has 0 radical (unpaired) electrons. The third-order valence-electron chi connectivity index (χ3n) is 6.47. The second-order valence-corrected chi connectivity index (χ2v) is 8.12. The van der Waals surface area contributed by atoms with E-state index in [4.69, 9.17) is 0 Å². The Morgan fingerprint density at radius 1 is 0.793 bits per heavy atom. The molecule has 5 heteroatoms. The predicted octanol–water partition coefficient (Wildman–Crippen LogP) is 5.47. The van der Waals surface area contributed by atoms with Crippen LogP contribution in [-0.2, 0) is 6.42 Å². The standard InChI is InChI=1S/C24H32N2O.2ClH/c27-24-14-8-7-11-21(24)19-23(20-9-3-1-4-10-20)26-17-15-25(16-18-26)22-12-5-2-6-13-22;;/h1,3-4,7-11,14,22-23,27H,2,5-6,12-13,15-19H2;2*1H. The van der Waals surface area contributed by atoms with Crippen molar-refractivity contribution in [3.8, 4) is 5.75 Å². The Kier molecular flexibility index (Phi) is 9.78. The van der Waals surface area contributed by atoms with Crippen molar-refractivity contribution in [1.29, 1.82) is 0 Å². The van der Waals surface area contributed by atoms with Gasteiger partial charge in [0.15, 0.2) is 0 Å². The number of phenols is 1. The highest BCUT2D eigenvalue weighted by atomic mass is 35.5. The molecule has 0 bridgehead atoms. The van der Waals surface area contributed by atoms with Crippen LogP contribution in [0.2, 0.25) is 0 Å². The quantitative estimate of drug-likeness (QED) is 0.672. The van der Waals surface area contributed by atoms with E-state index >= 15 is 0 Å². The van der Waals surface area contributed by atoms with E-state index in [9.17, 15) is 5.11 Å². The summed E-state index contributed by atoms with van der Waals surface area (Å²) in [6.45, 7) is 4.58. The van der Waals surface area contributed by atoms with E-state index in [0.29, 0.717) is 11.8 Å². The lowest BCUT2D eigenvalue weighted by atomic mass is 9.93. The summed E-state index contributed by atoms with van der Waals surface area (Å²) < 4.78 is 0. The molecule has 3 nitrogen and oxygen atoms in total. The summed E-state index contributed by atoms with van der Waals surface area (Å²) in [4.78, 5) is 5.36. The van der Waals surface area contributed by atoms with Crippen LogP contribution in [-0.4, -0.2) is 47.1 Å². The van der Waals surface area contributed by atoms with Gasteiger partial charge in [0.25, 0.3) is 0 Å². The van der Waals surface area contributed by atoms with Crippen LogP contribution in [0.15, 0.2) is 54.6 Å². The zero-order valence-electron chi connectivity index (χ0n) is 17.1. The van der Waals surface area contributed by atoms with Gasteiger partial charge in [-0.25, -0.2) is 0 Å². The van der Waals surface area contributed by atoms with Crippen molar-refractivity contribution in [1.82, 2.24) is 9.80 Å². The van der Waals surface area contributed by atoms with E-state index < -0.39 is 0 Å². The molecule has 1 unspecified atom stereocenters. The van der Waals surface area contributed by atoms with Crippen molar-refractivity contribution in [2.75, 3.05) is 26.2 Å². The molecule has 29 heavy (non-hydrogen) atoms. The lowest BCUT2D eigenvalue weighted by Gasteiger charge is -2.43. The van der Waals surface area contributed by atoms with E-state index in [1.54, 1.807) is 6.07 Å².